The highest BCUT2D eigenvalue weighted by Crippen LogP contribution is 2.13. The summed E-state index contributed by atoms with van der Waals surface area (Å²) in [6.07, 6.45) is 0.760. The fourth-order valence-electron chi connectivity index (χ4n) is 1.23. The van der Waals surface area contributed by atoms with Gasteiger partial charge >= 0.3 is 5.97 Å². The molecule has 14 heavy (non-hydrogen) atoms. The highest BCUT2D eigenvalue weighted by Gasteiger charge is 2.18. The third-order valence-electron chi connectivity index (χ3n) is 1.57. The van der Waals surface area contributed by atoms with Crippen molar-refractivity contribution in [1.82, 2.24) is 0 Å². The van der Waals surface area contributed by atoms with Gasteiger partial charge in [-0.1, -0.05) is 6.92 Å². The van der Waals surface area contributed by atoms with Gasteiger partial charge in [-0.25, -0.2) is 0 Å². The minimum Gasteiger partial charge on any atom is -0.460 e. The van der Waals surface area contributed by atoms with Crippen molar-refractivity contribution < 1.29 is 14.3 Å². The number of Topliss-reactive ketones (excluding diaryl/α,β-unsaturated/α-hetero) is 1. The lowest BCUT2D eigenvalue weighted by Gasteiger charge is -2.20. The molecular formula is C11H20O3. The van der Waals surface area contributed by atoms with E-state index in [0.717, 1.165) is 0 Å². The molecule has 0 aliphatic rings. The summed E-state index contributed by atoms with van der Waals surface area (Å²) in [4.78, 5) is 22.1. The minimum atomic E-state index is -0.437. The summed E-state index contributed by atoms with van der Waals surface area (Å²) in [6.45, 7) is 8.92. The highest BCUT2D eigenvalue weighted by atomic mass is 16.6. The zero-order chi connectivity index (χ0) is 11.4. The van der Waals surface area contributed by atoms with Gasteiger partial charge < -0.3 is 9.53 Å². The first-order valence-corrected chi connectivity index (χ1v) is 4.92. The van der Waals surface area contributed by atoms with E-state index in [9.17, 15) is 9.59 Å². The van der Waals surface area contributed by atoms with Gasteiger partial charge in [0.15, 0.2) is 0 Å². The van der Waals surface area contributed by atoms with Gasteiger partial charge in [0.2, 0.25) is 0 Å². The maximum absolute atomic E-state index is 11.3. The first kappa shape index (κ1) is 13.1. The Balaban J connectivity index is 3.89. The minimum absolute atomic E-state index is 0.0716. The lowest BCUT2D eigenvalue weighted by molar-refractivity contribution is -0.155. The van der Waals surface area contributed by atoms with E-state index in [1.807, 2.05) is 27.7 Å². The smallest absolute Gasteiger partial charge is 0.306 e. The Bertz CT molecular complexity index is 213. The molecule has 0 aromatic carbocycles. The standard InChI is InChI=1S/C11H20O3/c1-8(6-9(2)12)7-10(13)14-11(3,4)5/h8H,6-7H2,1-5H3/t8-/m0/s1. The van der Waals surface area contributed by atoms with E-state index < -0.39 is 5.60 Å². The van der Waals surface area contributed by atoms with Crippen LogP contribution in [0.3, 0.4) is 0 Å². The second kappa shape index (κ2) is 5.13. The second-order valence-electron chi connectivity index (χ2n) is 4.80. The Morgan fingerprint density at radius 3 is 2.07 bits per heavy atom. The van der Waals surface area contributed by atoms with Crippen molar-refractivity contribution in [2.24, 2.45) is 5.92 Å². The van der Waals surface area contributed by atoms with Gasteiger partial charge in [-0.15, -0.1) is 0 Å². The molecule has 0 rings (SSSR count). The topological polar surface area (TPSA) is 43.4 Å². The highest BCUT2D eigenvalue weighted by molar-refractivity contribution is 5.77. The van der Waals surface area contributed by atoms with Crippen molar-refractivity contribution in [3.05, 3.63) is 0 Å². The van der Waals surface area contributed by atoms with Crippen LogP contribution in [0.5, 0.6) is 0 Å². The zero-order valence-electron chi connectivity index (χ0n) is 9.72. The molecule has 0 heterocycles. The van der Waals surface area contributed by atoms with E-state index in [1.165, 1.54) is 6.92 Å². The maximum atomic E-state index is 11.3. The van der Waals surface area contributed by atoms with Gasteiger partial charge in [0, 0.05) is 12.8 Å². The quantitative estimate of drug-likeness (QED) is 0.654. The van der Waals surface area contributed by atoms with Crippen molar-refractivity contribution in [1.29, 1.82) is 0 Å². The Kier molecular flexibility index (Phi) is 4.81. The number of carbonyl (C=O) groups is 2. The van der Waals surface area contributed by atoms with E-state index in [2.05, 4.69) is 0 Å². The van der Waals surface area contributed by atoms with Crippen LogP contribution in [0.2, 0.25) is 0 Å². The van der Waals surface area contributed by atoms with Crippen LogP contribution in [-0.4, -0.2) is 17.4 Å². The third-order valence-corrected chi connectivity index (χ3v) is 1.57. The predicted molar refractivity (Wildman–Crippen MR) is 54.9 cm³/mol. The Morgan fingerprint density at radius 1 is 1.21 bits per heavy atom. The van der Waals surface area contributed by atoms with E-state index in [-0.39, 0.29) is 17.7 Å². The molecule has 0 saturated carbocycles. The molecule has 0 bridgehead atoms. The molecule has 0 aromatic rings. The lowest BCUT2D eigenvalue weighted by Crippen LogP contribution is -2.25. The molecule has 3 heteroatoms. The first-order valence-electron chi connectivity index (χ1n) is 4.92. The summed E-state index contributed by atoms with van der Waals surface area (Å²) in [7, 11) is 0. The van der Waals surface area contributed by atoms with Gasteiger partial charge in [-0.3, -0.25) is 4.79 Å². The molecule has 0 fully saturated rings. The molecule has 1 atom stereocenters. The van der Waals surface area contributed by atoms with Gasteiger partial charge in [0.25, 0.3) is 0 Å². The maximum Gasteiger partial charge on any atom is 0.306 e. The van der Waals surface area contributed by atoms with E-state index in [4.69, 9.17) is 4.74 Å². The van der Waals surface area contributed by atoms with Crippen molar-refractivity contribution in [3.63, 3.8) is 0 Å². The summed E-state index contributed by atoms with van der Waals surface area (Å²) in [6, 6.07) is 0. The number of carbonyl (C=O) groups excluding carboxylic acids is 2. The monoisotopic (exact) mass is 200 g/mol. The molecule has 0 unspecified atom stereocenters. The summed E-state index contributed by atoms with van der Waals surface area (Å²) < 4.78 is 5.14. The Labute approximate surface area is 85.8 Å². The number of ether oxygens (including phenoxy) is 1. The van der Waals surface area contributed by atoms with Crippen LogP contribution in [-0.2, 0) is 14.3 Å². The Morgan fingerprint density at radius 2 is 1.71 bits per heavy atom. The molecule has 0 aliphatic heterocycles. The van der Waals surface area contributed by atoms with Gasteiger partial charge in [0.1, 0.15) is 11.4 Å². The van der Waals surface area contributed by atoms with E-state index in [0.29, 0.717) is 12.8 Å². The summed E-state index contributed by atoms with van der Waals surface area (Å²) in [5.41, 5.74) is -0.437. The predicted octanol–water partition coefficient (Wildman–Crippen LogP) is 2.33. The number of esters is 1. The molecule has 0 aromatic heterocycles. The van der Waals surface area contributed by atoms with Crippen LogP contribution < -0.4 is 0 Å². The molecule has 0 radical (unpaired) electrons. The van der Waals surface area contributed by atoms with Crippen LogP contribution in [0, 0.1) is 5.92 Å². The summed E-state index contributed by atoms with van der Waals surface area (Å²) in [5, 5.41) is 0. The van der Waals surface area contributed by atoms with Gasteiger partial charge in [-0.05, 0) is 33.6 Å². The number of hydrogen-bond acceptors (Lipinski definition) is 3. The number of hydrogen-bond donors (Lipinski definition) is 0. The average molecular weight is 200 g/mol. The molecule has 0 aliphatic carbocycles. The molecule has 0 saturated heterocycles. The van der Waals surface area contributed by atoms with Crippen molar-refractivity contribution >= 4 is 11.8 Å². The van der Waals surface area contributed by atoms with Gasteiger partial charge in [-0.2, -0.15) is 0 Å². The van der Waals surface area contributed by atoms with Gasteiger partial charge in [0.05, 0.1) is 0 Å². The molecule has 82 valence electrons. The van der Waals surface area contributed by atoms with Crippen LogP contribution in [0.15, 0.2) is 0 Å². The zero-order valence-corrected chi connectivity index (χ0v) is 9.72. The number of ketones is 1. The molecular weight excluding hydrogens is 180 g/mol. The van der Waals surface area contributed by atoms with Crippen molar-refractivity contribution in [3.8, 4) is 0 Å². The van der Waals surface area contributed by atoms with Crippen LogP contribution in [0.4, 0.5) is 0 Å². The fraction of sp³-hybridized carbons (Fsp3) is 0.818. The first-order chi connectivity index (χ1) is 6.20. The second-order valence-corrected chi connectivity index (χ2v) is 4.80. The van der Waals surface area contributed by atoms with Crippen LogP contribution in [0.25, 0.3) is 0 Å². The van der Waals surface area contributed by atoms with E-state index >= 15 is 0 Å². The lowest BCUT2D eigenvalue weighted by atomic mass is 10.0. The fourth-order valence-corrected chi connectivity index (χ4v) is 1.23. The molecule has 0 amide bonds. The van der Waals surface area contributed by atoms with Crippen LogP contribution >= 0.6 is 0 Å². The summed E-state index contributed by atoms with van der Waals surface area (Å²) >= 11 is 0. The molecule has 0 spiro atoms. The number of rotatable bonds is 4. The Hall–Kier alpha value is -0.860. The largest absolute Gasteiger partial charge is 0.460 e. The van der Waals surface area contributed by atoms with E-state index in [1.54, 1.807) is 0 Å². The van der Waals surface area contributed by atoms with Crippen LogP contribution in [0.1, 0.15) is 47.5 Å². The normalized spacial score (nSPS) is 13.5. The van der Waals surface area contributed by atoms with Crippen molar-refractivity contribution in [2.45, 2.75) is 53.1 Å². The molecule has 0 N–H and O–H groups in total. The summed E-state index contributed by atoms with van der Waals surface area (Å²) in [5.74, 6) is -0.0466. The third kappa shape index (κ3) is 7.77. The SMILES string of the molecule is CC(=O)C[C@H](C)CC(=O)OC(C)(C)C. The molecule has 3 nitrogen and oxygen atoms in total. The van der Waals surface area contributed by atoms with Crippen molar-refractivity contribution in [2.75, 3.05) is 0 Å². The average Bonchev–Trinajstić information content (AvgIpc) is 1.77.